The van der Waals surface area contributed by atoms with Gasteiger partial charge in [0, 0.05) is 31.0 Å². The van der Waals surface area contributed by atoms with Crippen molar-refractivity contribution in [2.24, 2.45) is 0 Å². The molecule has 0 saturated heterocycles. The van der Waals surface area contributed by atoms with Gasteiger partial charge in [0.05, 0.1) is 14.2 Å². The van der Waals surface area contributed by atoms with Gasteiger partial charge in [-0.05, 0) is 35.4 Å². The van der Waals surface area contributed by atoms with Gasteiger partial charge in [0.1, 0.15) is 5.82 Å². The molecule has 2 N–H and O–H groups in total. The van der Waals surface area contributed by atoms with Crippen molar-refractivity contribution in [2.75, 3.05) is 20.0 Å². The molecule has 0 aliphatic heterocycles. The number of benzene rings is 2. The summed E-state index contributed by atoms with van der Waals surface area (Å²) >= 11 is 0. The van der Waals surface area contributed by atoms with Crippen molar-refractivity contribution < 1.29 is 9.47 Å². The van der Waals surface area contributed by atoms with Crippen LogP contribution in [0.25, 0.3) is 0 Å². The van der Waals surface area contributed by atoms with Crippen LogP contribution in [-0.2, 0) is 13.0 Å². The number of hydrogen-bond donors (Lipinski definition) is 1. The lowest BCUT2D eigenvalue weighted by Gasteiger charge is -2.12. The average Bonchev–Trinajstić information content (AvgIpc) is 3.03. The molecular weight excluding hydrogens is 302 g/mol. The summed E-state index contributed by atoms with van der Waals surface area (Å²) in [5.74, 6) is 2.47. The minimum absolute atomic E-state index is 0.727. The van der Waals surface area contributed by atoms with Gasteiger partial charge in [-0.3, -0.25) is 0 Å². The number of anilines is 1. The molecule has 1 aromatic heterocycles. The molecule has 3 aromatic rings. The maximum Gasteiger partial charge on any atom is 0.161 e. The molecule has 5 nitrogen and oxygen atoms in total. The van der Waals surface area contributed by atoms with Crippen LogP contribution in [0.3, 0.4) is 0 Å². The molecule has 0 aliphatic rings. The predicted octanol–water partition coefficient (Wildman–Crippen LogP) is 3.12. The number of imidazole rings is 1. The maximum atomic E-state index is 5.74. The van der Waals surface area contributed by atoms with E-state index in [9.17, 15) is 0 Å². The molecule has 0 aliphatic carbocycles. The van der Waals surface area contributed by atoms with Crippen LogP contribution in [0.15, 0.2) is 54.9 Å². The highest BCUT2D eigenvalue weighted by Crippen LogP contribution is 2.28. The van der Waals surface area contributed by atoms with Crippen molar-refractivity contribution in [2.45, 2.75) is 13.0 Å². The third-order valence-electron chi connectivity index (χ3n) is 3.94. The van der Waals surface area contributed by atoms with Gasteiger partial charge in [-0.2, -0.15) is 0 Å². The van der Waals surface area contributed by atoms with E-state index in [4.69, 9.17) is 15.2 Å². The predicted molar refractivity (Wildman–Crippen MR) is 94.5 cm³/mol. The van der Waals surface area contributed by atoms with Crippen molar-refractivity contribution in [3.63, 3.8) is 0 Å². The molecule has 5 heteroatoms. The third kappa shape index (κ3) is 3.51. The van der Waals surface area contributed by atoms with E-state index in [1.165, 1.54) is 5.56 Å². The van der Waals surface area contributed by atoms with Gasteiger partial charge in [0.15, 0.2) is 11.5 Å². The quantitative estimate of drug-likeness (QED) is 0.708. The van der Waals surface area contributed by atoms with Crippen LogP contribution in [-0.4, -0.2) is 23.8 Å². The van der Waals surface area contributed by atoms with Crippen LogP contribution in [0.4, 0.5) is 5.69 Å². The SMILES string of the molecule is COc1ccc(Cn2ccnc2Cc2ccc(N)cc2)cc1OC. The van der Waals surface area contributed by atoms with Gasteiger partial charge in [-0.25, -0.2) is 4.98 Å². The average molecular weight is 323 g/mol. The first-order valence-electron chi connectivity index (χ1n) is 7.75. The summed E-state index contributed by atoms with van der Waals surface area (Å²) < 4.78 is 12.8. The Balaban J connectivity index is 1.79. The minimum atomic E-state index is 0.727. The second-order valence-corrected chi connectivity index (χ2v) is 5.58. The van der Waals surface area contributed by atoms with Gasteiger partial charge in [0.2, 0.25) is 0 Å². The van der Waals surface area contributed by atoms with Gasteiger partial charge < -0.3 is 19.8 Å². The summed E-state index contributed by atoms with van der Waals surface area (Å²) in [7, 11) is 3.28. The van der Waals surface area contributed by atoms with Crippen LogP contribution < -0.4 is 15.2 Å². The number of aromatic nitrogens is 2. The molecular formula is C19H21N3O2. The highest BCUT2D eigenvalue weighted by atomic mass is 16.5. The summed E-state index contributed by atoms with van der Waals surface area (Å²) in [6, 6.07) is 13.8. The molecule has 1 heterocycles. The first kappa shape index (κ1) is 15.9. The first-order valence-corrected chi connectivity index (χ1v) is 7.75. The molecule has 124 valence electrons. The van der Waals surface area contributed by atoms with Crippen molar-refractivity contribution >= 4 is 5.69 Å². The normalized spacial score (nSPS) is 10.6. The van der Waals surface area contributed by atoms with E-state index in [0.717, 1.165) is 41.5 Å². The van der Waals surface area contributed by atoms with Crippen LogP contribution >= 0.6 is 0 Å². The van der Waals surface area contributed by atoms with Gasteiger partial charge in [0.25, 0.3) is 0 Å². The second kappa shape index (κ2) is 7.08. The van der Waals surface area contributed by atoms with E-state index >= 15 is 0 Å². The molecule has 0 saturated carbocycles. The highest BCUT2D eigenvalue weighted by Gasteiger charge is 2.08. The Kier molecular flexibility index (Phi) is 4.70. The zero-order chi connectivity index (χ0) is 16.9. The Labute approximate surface area is 141 Å². The minimum Gasteiger partial charge on any atom is -0.493 e. The molecule has 0 amide bonds. The number of nitrogen functional groups attached to an aromatic ring is 1. The van der Waals surface area contributed by atoms with Crippen molar-refractivity contribution in [3.8, 4) is 11.5 Å². The Morgan fingerprint density at radius 2 is 1.67 bits per heavy atom. The lowest BCUT2D eigenvalue weighted by Crippen LogP contribution is -2.05. The van der Waals surface area contributed by atoms with Crippen molar-refractivity contribution in [1.29, 1.82) is 0 Å². The molecule has 3 rings (SSSR count). The Morgan fingerprint density at radius 1 is 0.958 bits per heavy atom. The second-order valence-electron chi connectivity index (χ2n) is 5.58. The molecule has 0 spiro atoms. The standard InChI is InChI=1S/C19H21N3O2/c1-23-17-8-5-15(11-18(17)24-2)13-22-10-9-21-19(22)12-14-3-6-16(20)7-4-14/h3-11H,12-13,20H2,1-2H3. The monoisotopic (exact) mass is 323 g/mol. The molecule has 0 fully saturated rings. The lowest BCUT2D eigenvalue weighted by atomic mass is 10.1. The van der Waals surface area contributed by atoms with E-state index in [1.807, 2.05) is 54.9 Å². The molecule has 2 aromatic carbocycles. The van der Waals surface area contributed by atoms with E-state index in [-0.39, 0.29) is 0 Å². The largest absolute Gasteiger partial charge is 0.493 e. The Hall–Kier alpha value is -2.95. The summed E-state index contributed by atoms with van der Waals surface area (Å²) in [6.07, 6.45) is 4.58. The highest BCUT2D eigenvalue weighted by molar-refractivity contribution is 5.43. The summed E-state index contributed by atoms with van der Waals surface area (Å²) in [5, 5.41) is 0. The maximum absolute atomic E-state index is 5.74. The smallest absolute Gasteiger partial charge is 0.161 e. The number of nitrogens with two attached hydrogens (primary N) is 1. The third-order valence-corrected chi connectivity index (χ3v) is 3.94. The van der Waals surface area contributed by atoms with E-state index < -0.39 is 0 Å². The molecule has 0 radical (unpaired) electrons. The fourth-order valence-electron chi connectivity index (χ4n) is 2.64. The fraction of sp³-hybridized carbons (Fsp3) is 0.211. The zero-order valence-electron chi connectivity index (χ0n) is 13.9. The van der Waals surface area contributed by atoms with Crippen LogP contribution in [0.5, 0.6) is 11.5 Å². The van der Waals surface area contributed by atoms with Crippen LogP contribution in [0, 0.1) is 0 Å². The number of nitrogens with zero attached hydrogens (tertiary/aromatic N) is 2. The summed E-state index contributed by atoms with van der Waals surface area (Å²) in [5.41, 5.74) is 8.82. The van der Waals surface area contributed by atoms with Crippen molar-refractivity contribution in [3.05, 3.63) is 71.8 Å². The zero-order valence-corrected chi connectivity index (χ0v) is 13.9. The number of methoxy groups -OCH3 is 2. The van der Waals surface area contributed by atoms with Gasteiger partial charge >= 0.3 is 0 Å². The number of ether oxygens (including phenoxy) is 2. The van der Waals surface area contributed by atoms with Gasteiger partial charge in [-0.15, -0.1) is 0 Å². The molecule has 24 heavy (non-hydrogen) atoms. The van der Waals surface area contributed by atoms with Crippen LogP contribution in [0.2, 0.25) is 0 Å². The fourth-order valence-corrected chi connectivity index (χ4v) is 2.64. The number of hydrogen-bond acceptors (Lipinski definition) is 4. The summed E-state index contributed by atoms with van der Waals surface area (Å²) in [4.78, 5) is 4.48. The number of rotatable bonds is 6. The Bertz CT molecular complexity index is 810. The summed E-state index contributed by atoms with van der Waals surface area (Å²) in [6.45, 7) is 0.727. The van der Waals surface area contributed by atoms with Crippen molar-refractivity contribution in [1.82, 2.24) is 9.55 Å². The van der Waals surface area contributed by atoms with E-state index in [2.05, 4.69) is 9.55 Å². The molecule has 0 atom stereocenters. The molecule has 0 bridgehead atoms. The topological polar surface area (TPSA) is 62.3 Å². The van der Waals surface area contributed by atoms with E-state index in [0.29, 0.717) is 0 Å². The lowest BCUT2D eigenvalue weighted by molar-refractivity contribution is 0.354. The Morgan fingerprint density at radius 3 is 2.38 bits per heavy atom. The first-order chi connectivity index (χ1) is 11.7. The van der Waals surface area contributed by atoms with E-state index in [1.54, 1.807) is 14.2 Å². The molecule has 0 unspecified atom stereocenters. The van der Waals surface area contributed by atoms with Gasteiger partial charge in [-0.1, -0.05) is 18.2 Å². The van der Waals surface area contributed by atoms with Crippen LogP contribution in [0.1, 0.15) is 17.0 Å².